The summed E-state index contributed by atoms with van der Waals surface area (Å²) in [7, 11) is 1.55. The minimum absolute atomic E-state index is 0.116. The second-order valence-electron chi connectivity index (χ2n) is 6.05. The topological polar surface area (TPSA) is 79.9 Å². The van der Waals surface area contributed by atoms with Gasteiger partial charge in [0.2, 0.25) is 5.91 Å². The molecule has 1 aliphatic rings. The SMILES string of the molecule is CCN(C[C@@H]1CCCO1)C(=O)NCc1ccc(OC)c(NC(C)=O)c1. The van der Waals surface area contributed by atoms with Crippen LogP contribution in [0.3, 0.4) is 0 Å². The van der Waals surface area contributed by atoms with Crippen molar-refractivity contribution in [1.82, 2.24) is 10.2 Å². The van der Waals surface area contributed by atoms with Gasteiger partial charge in [-0.1, -0.05) is 6.07 Å². The molecule has 0 unspecified atom stereocenters. The zero-order valence-electron chi connectivity index (χ0n) is 15.1. The molecule has 7 nitrogen and oxygen atoms in total. The van der Waals surface area contributed by atoms with Gasteiger partial charge in [-0.3, -0.25) is 4.79 Å². The standard InChI is InChI=1S/C18H27N3O4/c1-4-21(12-15-6-5-9-25-15)18(23)19-11-14-7-8-17(24-3)16(10-14)20-13(2)22/h7-8,10,15H,4-6,9,11-12H2,1-3H3,(H,19,23)(H,20,22)/t15-/m0/s1. The average molecular weight is 349 g/mol. The van der Waals surface area contributed by atoms with Crippen LogP contribution in [0.5, 0.6) is 5.75 Å². The van der Waals surface area contributed by atoms with Crippen LogP contribution in [0.25, 0.3) is 0 Å². The molecule has 1 saturated heterocycles. The highest BCUT2D eigenvalue weighted by molar-refractivity contribution is 5.90. The number of rotatable bonds is 7. The summed E-state index contributed by atoms with van der Waals surface area (Å²) in [6.45, 7) is 5.79. The van der Waals surface area contributed by atoms with Gasteiger partial charge in [-0.15, -0.1) is 0 Å². The maximum absolute atomic E-state index is 12.4. The summed E-state index contributed by atoms with van der Waals surface area (Å²) in [4.78, 5) is 25.4. The van der Waals surface area contributed by atoms with Gasteiger partial charge < -0.3 is 25.0 Å². The first-order chi connectivity index (χ1) is 12.0. The zero-order chi connectivity index (χ0) is 18.2. The quantitative estimate of drug-likeness (QED) is 0.792. The first kappa shape index (κ1) is 19.1. The van der Waals surface area contributed by atoms with E-state index in [2.05, 4.69) is 10.6 Å². The van der Waals surface area contributed by atoms with Crippen molar-refractivity contribution in [3.05, 3.63) is 23.8 Å². The third kappa shape index (κ3) is 5.63. The molecule has 1 atom stereocenters. The van der Waals surface area contributed by atoms with Gasteiger partial charge in [0.1, 0.15) is 5.75 Å². The van der Waals surface area contributed by atoms with Crippen molar-refractivity contribution in [3.8, 4) is 5.75 Å². The fraction of sp³-hybridized carbons (Fsp3) is 0.556. The van der Waals surface area contributed by atoms with E-state index >= 15 is 0 Å². The molecule has 1 heterocycles. The molecule has 0 bridgehead atoms. The highest BCUT2D eigenvalue weighted by Gasteiger charge is 2.21. The van der Waals surface area contributed by atoms with Crippen molar-refractivity contribution >= 4 is 17.6 Å². The van der Waals surface area contributed by atoms with E-state index < -0.39 is 0 Å². The summed E-state index contributed by atoms with van der Waals surface area (Å²) in [5.74, 6) is 0.409. The number of hydrogen-bond donors (Lipinski definition) is 2. The lowest BCUT2D eigenvalue weighted by atomic mass is 10.2. The lowest BCUT2D eigenvalue weighted by Crippen LogP contribution is -2.43. The molecular weight excluding hydrogens is 322 g/mol. The van der Waals surface area contributed by atoms with Crippen LogP contribution in [-0.4, -0.2) is 49.7 Å². The van der Waals surface area contributed by atoms with E-state index in [0.29, 0.717) is 31.1 Å². The minimum atomic E-state index is -0.173. The smallest absolute Gasteiger partial charge is 0.317 e. The van der Waals surface area contributed by atoms with E-state index in [1.54, 1.807) is 24.1 Å². The summed E-state index contributed by atoms with van der Waals surface area (Å²) < 4.78 is 10.8. The van der Waals surface area contributed by atoms with E-state index in [1.165, 1.54) is 6.92 Å². The summed E-state index contributed by atoms with van der Waals surface area (Å²) in [5.41, 5.74) is 1.47. The maximum Gasteiger partial charge on any atom is 0.317 e. The van der Waals surface area contributed by atoms with E-state index in [-0.39, 0.29) is 18.0 Å². The number of likely N-dealkylation sites (N-methyl/N-ethyl adjacent to an activating group) is 1. The van der Waals surface area contributed by atoms with Gasteiger partial charge >= 0.3 is 6.03 Å². The third-order valence-corrected chi connectivity index (χ3v) is 4.14. The van der Waals surface area contributed by atoms with Crippen LogP contribution in [0.4, 0.5) is 10.5 Å². The molecule has 3 amide bonds. The van der Waals surface area contributed by atoms with Crippen LogP contribution in [0.15, 0.2) is 18.2 Å². The summed E-state index contributed by atoms with van der Waals surface area (Å²) >= 11 is 0. The molecule has 1 aromatic carbocycles. The Morgan fingerprint density at radius 3 is 2.80 bits per heavy atom. The number of urea groups is 1. The Balaban J connectivity index is 1.94. The fourth-order valence-electron chi connectivity index (χ4n) is 2.83. The molecule has 1 aliphatic heterocycles. The Morgan fingerprint density at radius 1 is 1.40 bits per heavy atom. The molecule has 0 aliphatic carbocycles. The number of ether oxygens (including phenoxy) is 2. The van der Waals surface area contributed by atoms with Crippen molar-refractivity contribution < 1.29 is 19.1 Å². The summed E-state index contributed by atoms with van der Waals surface area (Å²) in [6.07, 6.45) is 2.20. The van der Waals surface area contributed by atoms with Gasteiger partial charge in [0.15, 0.2) is 0 Å². The largest absolute Gasteiger partial charge is 0.495 e. The van der Waals surface area contributed by atoms with Crippen molar-refractivity contribution in [2.75, 3.05) is 32.1 Å². The number of amides is 3. The van der Waals surface area contributed by atoms with Gasteiger partial charge in [-0.05, 0) is 37.5 Å². The van der Waals surface area contributed by atoms with E-state index in [1.807, 2.05) is 13.0 Å². The first-order valence-electron chi connectivity index (χ1n) is 8.62. The molecule has 25 heavy (non-hydrogen) atoms. The molecule has 7 heteroatoms. The number of anilines is 1. The van der Waals surface area contributed by atoms with Gasteiger partial charge in [0, 0.05) is 33.2 Å². The third-order valence-electron chi connectivity index (χ3n) is 4.14. The second kappa shape index (κ2) is 9.27. The molecule has 2 N–H and O–H groups in total. The second-order valence-corrected chi connectivity index (χ2v) is 6.05. The normalized spacial score (nSPS) is 16.4. The molecule has 1 fully saturated rings. The molecule has 0 radical (unpaired) electrons. The van der Waals surface area contributed by atoms with Crippen LogP contribution in [0.2, 0.25) is 0 Å². The number of benzene rings is 1. The molecule has 0 spiro atoms. The Hall–Kier alpha value is -2.28. The number of nitrogens with one attached hydrogen (secondary N) is 2. The molecule has 0 aromatic heterocycles. The van der Waals surface area contributed by atoms with E-state index in [4.69, 9.17) is 9.47 Å². The zero-order valence-corrected chi connectivity index (χ0v) is 15.1. The highest BCUT2D eigenvalue weighted by Crippen LogP contribution is 2.25. The number of carbonyl (C=O) groups is 2. The number of hydrogen-bond acceptors (Lipinski definition) is 4. The van der Waals surface area contributed by atoms with Crippen LogP contribution < -0.4 is 15.4 Å². The van der Waals surface area contributed by atoms with Gasteiger partial charge in [0.25, 0.3) is 0 Å². The van der Waals surface area contributed by atoms with Crippen LogP contribution in [-0.2, 0) is 16.1 Å². The predicted molar refractivity (Wildman–Crippen MR) is 95.8 cm³/mol. The van der Waals surface area contributed by atoms with E-state index in [9.17, 15) is 9.59 Å². The van der Waals surface area contributed by atoms with Crippen LogP contribution >= 0.6 is 0 Å². The Labute approximate surface area is 148 Å². The molecule has 138 valence electrons. The summed E-state index contributed by atoms with van der Waals surface area (Å²) in [5, 5.41) is 5.65. The van der Waals surface area contributed by atoms with Gasteiger partial charge in [0.05, 0.1) is 18.9 Å². The Kier molecular flexibility index (Phi) is 7.06. The molecule has 1 aromatic rings. The Bertz CT molecular complexity index is 600. The first-order valence-corrected chi connectivity index (χ1v) is 8.62. The van der Waals surface area contributed by atoms with E-state index in [0.717, 1.165) is 25.0 Å². The predicted octanol–water partition coefficient (Wildman–Crippen LogP) is 2.36. The van der Waals surface area contributed by atoms with Gasteiger partial charge in [-0.2, -0.15) is 0 Å². The van der Waals surface area contributed by atoms with Crippen LogP contribution in [0, 0.1) is 0 Å². The summed E-state index contributed by atoms with van der Waals surface area (Å²) in [6, 6.07) is 5.32. The highest BCUT2D eigenvalue weighted by atomic mass is 16.5. The number of nitrogens with zero attached hydrogens (tertiary/aromatic N) is 1. The van der Waals surface area contributed by atoms with Gasteiger partial charge in [-0.25, -0.2) is 4.79 Å². The number of methoxy groups -OCH3 is 1. The Morgan fingerprint density at radius 2 is 2.20 bits per heavy atom. The van der Waals surface area contributed by atoms with Crippen molar-refractivity contribution in [2.24, 2.45) is 0 Å². The molecule has 0 saturated carbocycles. The minimum Gasteiger partial charge on any atom is -0.495 e. The molecular formula is C18H27N3O4. The van der Waals surface area contributed by atoms with Crippen LogP contribution in [0.1, 0.15) is 32.3 Å². The number of carbonyl (C=O) groups excluding carboxylic acids is 2. The van der Waals surface area contributed by atoms with Crippen molar-refractivity contribution in [3.63, 3.8) is 0 Å². The monoisotopic (exact) mass is 349 g/mol. The lowest BCUT2D eigenvalue weighted by molar-refractivity contribution is -0.114. The lowest BCUT2D eigenvalue weighted by Gasteiger charge is -2.24. The molecule has 2 rings (SSSR count). The van der Waals surface area contributed by atoms with Crippen molar-refractivity contribution in [2.45, 2.75) is 39.3 Å². The average Bonchev–Trinajstić information content (AvgIpc) is 3.10. The fourth-order valence-corrected chi connectivity index (χ4v) is 2.83. The van der Waals surface area contributed by atoms with Crippen molar-refractivity contribution in [1.29, 1.82) is 0 Å². The maximum atomic E-state index is 12.4.